The van der Waals surface area contributed by atoms with Crippen LogP contribution >= 0.6 is 11.8 Å². The highest BCUT2D eigenvalue weighted by atomic mass is 32.2. The van der Waals surface area contributed by atoms with Crippen LogP contribution in [-0.4, -0.2) is 35.3 Å². The molecule has 0 amide bonds. The third-order valence-corrected chi connectivity index (χ3v) is 2.11. The van der Waals surface area contributed by atoms with E-state index < -0.39 is 12.0 Å². The number of carboxylic acid groups (broad SMARTS) is 1. The van der Waals surface area contributed by atoms with Gasteiger partial charge in [0.1, 0.15) is 6.04 Å². The van der Waals surface area contributed by atoms with E-state index in [1.807, 2.05) is 0 Å². The summed E-state index contributed by atoms with van der Waals surface area (Å²) in [6.07, 6.45) is 1.75. The van der Waals surface area contributed by atoms with Gasteiger partial charge in [0.25, 0.3) is 0 Å². The van der Waals surface area contributed by atoms with Gasteiger partial charge in [-0.15, -0.1) is 18.3 Å². The topological polar surface area (TPSA) is 75.3 Å². The minimum absolute atomic E-state index is 0.430. The highest BCUT2D eigenvalue weighted by molar-refractivity contribution is 7.99. The molecule has 12 heavy (non-hydrogen) atoms. The van der Waals surface area contributed by atoms with Crippen molar-refractivity contribution < 1.29 is 9.90 Å². The molecule has 0 aliphatic heterocycles. The molecule has 0 saturated heterocycles. The molecule has 0 fully saturated rings. The van der Waals surface area contributed by atoms with Gasteiger partial charge in [-0.2, -0.15) is 0 Å². The molecule has 1 unspecified atom stereocenters. The van der Waals surface area contributed by atoms with Gasteiger partial charge in [0.05, 0.1) is 0 Å². The molecule has 4 nitrogen and oxygen atoms in total. The first kappa shape index (κ1) is 11.5. The molecule has 0 aliphatic rings. The van der Waals surface area contributed by atoms with Crippen molar-refractivity contribution in [1.82, 2.24) is 5.32 Å². The fraction of sp³-hybridized carbons (Fsp3) is 0.571. The molecule has 1 atom stereocenters. The molecule has 70 valence electrons. The smallest absolute Gasteiger partial charge is 0.321 e. The van der Waals surface area contributed by atoms with Crippen molar-refractivity contribution in [2.45, 2.75) is 6.04 Å². The van der Waals surface area contributed by atoms with Crippen LogP contribution in [0.4, 0.5) is 0 Å². The molecule has 0 heterocycles. The highest BCUT2D eigenvalue weighted by Gasteiger charge is 2.09. The van der Waals surface area contributed by atoms with E-state index in [1.54, 1.807) is 6.08 Å². The molecule has 0 bridgehead atoms. The van der Waals surface area contributed by atoms with Crippen LogP contribution in [0, 0.1) is 0 Å². The van der Waals surface area contributed by atoms with Gasteiger partial charge in [-0.25, -0.2) is 0 Å². The van der Waals surface area contributed by atoms with E-state index in [9.17, 15) is 4.79 Å². The van der Waals surface area contributed by atoms with E-state index in [2.05, 4.69) is 11.9 Å². The molecule has 0 aromatic carbocycles. The first-order chi connectivity index (χ1) is 5.68. The van der Waals surface area contributed by atoms with E-state index in [4.69, 9.17) is 10.8 Å². The number of rotatable bonds is 7. The summed E-state index contributed by atoms with van der Waals surface area (Å²) >= 11 is 1.46. The fourth-order valence-corrected chi connectivity index (χ4v) is 1.27. The van der Waals surface area contributed by atoms with Crippen molar-refractivity contribution in [3.63, 3.8) is 0 Å². The Morgan fingerprint density at radius 3 is 3.00 bits per heavy atom. The molecular formula is C7H14N2O2S. The molecule has 0 aromatic heterocycles. The predicted molar refractivity (Wildman–Crippen MR) is 51.1 cm³/mol. The molecule has 0 radical (unpaired) electrons. The SMILES string of the molecule is C=CCNCSCC(N)C(=O)O. The quantitative estimate of drug-likeness (QED) is 0.296. The summed E-state index contributed by atoms with van der Waals surface area (Å²) in [7, 11) is 0. The van der Waals surface area contributed by atoms with Gasteiger partial charge in [0.2, 0.25) is 0 Å². The third-order valence-electron chi connectivity index (χ3n) is 1.11. The molecule has 0 aromatic rings. The number of hydrogen-bond acceptors (Lipinski definition) is 4. The van der Waals surface area contributed by atoms with Gasteiger partial charge >= 0.3 is 5.97 Å². The van der Waals surface area contributed by atoms with Crippen LogP contribution < -0.4 is 11.1 Å². The number of aliphatic carboxylic acids is 1. The summed E-state index contributed by atoms with van der Waals surface area (Å²) in [6, 6.07) is -0.763. The van der Waals surface area contributed by atoms with Crippen molar-refractivity contribution in [1.29, 1.82) is 0 Å². The first-order valence-corrected chi connectivity index (χ1v) is 4.71. The fourth-order valence-electron chi connectivity index (χ4n) is 0.490. The van der Waals surface area contributed by atoms with Crippen LogP contribution in [0.1, 0.15) is 0 Å². The Labute approximate surface area is 76.2 Å². The number of carboxylic acids is 1. The van der Waals surface area contributed by atoms with Crippen LogP contribution in [0.2, 0.25) is 0 Å². The lowest BCUT2D eigenvalue weighted by Gasteiger charge is -2.05. The second-order valence-corrected chi connectivity index (χ2v) is 3.23. The Morgan fingerprint density at radius 2 is 2.50 bits per heavy atom. The third kappa shape index (κ3) is 6.21. The van der Waals surface area contributed by atoms with Gasteiger partial charge in [-0.3, -0.25) is 4.79 Å². The van der Waals surface area contributed by atoms with Crippen LogP contribution in [0.3, 0.4) is 0 Å². The van der Waals surface area contributed by atoms with Gasteiger partial charge in [-0.05, 0) is 0 Å². The Bertz CT molecular complexity index is 152. The lowest BCUT2D eigenvalue weighted by molar-refractivity contribution is -0.137. The molecule has 0 rings (SSSR count). The van der Waals surface area contributed by atoms with Crippen molar-refractivity contribution in [2.75, 3.05) is 18.2 Å². The summed E-state index contributed by atoms with van der Waals surface area (Å²) in [5.74, 6) is 0.179. The van der Waals surface area contributed by atoms with Crippen molar-refractivity contribution in [3.05, 3.63) is 12.7 Å². The lowest BCUT2D eigenvalue weighted by atomic mass is 10.4. The summed E-state index contributed by atoms with van der Waals surface area (Å²) in [5.41, 5.74) is 5.26. The Morgan fingerprint density at radius 1 is 1.83 bits per heavy atom. The van der Waals surface area contributed by atoms with Crippen LogP contribution in [-0.2, 0) is 4.79 Å². The summed E-state index contributed by atoms with van der Waals surface area (Å²) < 4.78 is 0. The lowest BCUT2D eigenvalue weighted by Crippen LogP contribution is -2.33. The summed E-state index contributed by atoms with van der Waals surface area (Å²) in [5, 5.41) is 11.4. The summed E-state index contributed by atoms with van der Waals surface area (Å²) in [6.45, 7) is 4.26. The zero-order chi connectivity index (χ0) is 9.40. The number of nitrogens with two attached hydrogens (primary N) is 1. The van der Waals surface area contributed by atoms with Crippen molar-refractivity contribution >= 4 is 17.7 Å². The molecule has 4 N–H and O–H groups in total. The normalized spacial score (nSPS) is 12.4. The number of nitrogens with one attached hydrogen (secondary N) is 1. The van der Waals surface area contributed by atoms with E-state index in [-0.39, 0.29) is 0 Å². The minimum atomic E-state index is -0.953. The molecule has 0 aliphatic carbocycles. The van der Waals surface area contributed by atoms with E-state index in [0.29, 0.717) is 11.6 Å². The van der Waals surface area contributed by atoms with Crippen LogP contribution in [0.15, 0.2) is 12.7 Å². The largest absolute Gasteiger partial charge is 0.480 e. The number of thioether (sulfide) groups is 1. The van der Waals surface area contributed by atoms with Crippen LogP contribution in [0.25, 0.3) is 0 Å². The van der Waals surface area contributed by atoms with Crippen molar-refractivity contribution in [3.8, 4) is 0 Å². The molecule has 0 saturated carbocycles. The Balaban J connectivity index is 3.19. The van der Waals surface area contributed by atoms with E-state index in [1.165, 1.54) is 11.8 Å². The molecule has 0 spiro atoms. The standard InChI is InChI=1S/C7H14N2O2S/c1-2-3-9-5-12-4-6(8)7(10)11/h2,6,9H,1,3-5,8H2,(H,10,11). The first-order valence-electron chi connectivity index (χ1n) is 3.56. The van der Waals surface area contributed by atoms with E-state index >= 15 is 0 Å². The van der Waals surface area contributed by atoms with Crippen LogP contribution in [0.5, 0.6) is 0 Å². The maximum atomic E-state index is 10.2. The number of hydrogen-bond donors (Lipinski definition) is 3. The van der Waals surface area contributed by atoms with Gasteiger partial charge in [-0.1, -0.05) is 6.08 Å². The zero-order valence-corrected chi connectivity index (χ0v) is 7.64. The maximum Gasteiger partial charge on any atom is 0.321 e. The van der Waals surface area contributed by atoms with Gasteiger partial charge in [0.15, 0.2) is 0 Å². The van der Waals surface area contributed by atoms with E-state index in [0.717, 1.165) is 6.54 Å². The number of carbonyl (C=O) groups is 1. The highest BCUT2D eigenvalue weighted by Crippen LogP contribution is 1.98. The minimum Gasteiger partial charge on any atom is -0.480 e. The second-order valence-electron chi connectivity index (χ2n) is 2.20. The maximum absolute atomic E-state index is 10.2. The van der Waals surface area contributed by atoms with Gasteiger partial charge in [0, 0.05) is 18.2 Å². The Kier molecular flexibility index (Phi) is 6.84. The van der Waals surface area contributed by atoms with Crippen molar-refractivity contribution in [2.24, 2.45) is 5.73 Å². The predicted octanol–water partition coefficient (Wildman–Crippen LogP) is -0.135. The molecular weight excluding hydrogens is 176 g/mol. The summed E-state index contributed by atoms with van der Waals surface area (Å²) in [4.78, 5) is 10.2. The Hall–Kier alpha value is -0.520. The average molecular weight is 190 g/mol. The monoisotopic (exact) mass is 190 g/mol. The molecule has 5 heteroatoms. The average Bonchev–Trinajstić information content (AvgIpc) is 2.03. The zero-order valence-electron chi connectivity index (χ0n) is 6.82. The van der Waals surface area contributed by atoms with Gasteiger partial charge < -0.3 is 16.2 Å². The second kappa shape index (κ2) is 7.15.